The maximum absolute atomic E-state index is 6.05. The van der Waals surface area contributed by atoms with E-state index in [-0.39, 0.29) is 0 Å². The van der Waals surface area contributed by atoms with Gasteiger partial charge in [-0.15, -0.1) is 0 Å². The fraction of sp³-hybridized carbons (Fsp3) is 0.308. The molecule has 1 aromatic heterocycles. The van der Waals surface area contributed by atoms with E-state index >= 15 is 0 Å². The van der Waals surface area contributed by atoms with E-state index in [9.17, 15) is 0 Å². The molecule has 0 fully saturated rings. The molecule has 0 aliphatic carbocycles. The average molecular weight is 251 g/mol. The van der Waals surface area contributed by atoms with Crippen molar-refractivity contribution >= 4 is 11.6 Å². The van der Waals surface area contributed by atoms with Crippen molar-refractivity contribution in [3.05, 3.63) is 52.7 Å². The fourth-order valence-electron chi connectivity index (χ4n) is 1.54. The van der Waals surface area contributed by atoms with Gasteiger partial charge in [0.2, 0.25) is 5.89 Å². The van der Waals surface area contributed by atoms with Gasteiger partial charge in [0.05, 0.1) is 12.7 Å². The Kier molecular flexibility index (Phi) is 4.18. The molecule has 0 spiro atoms. The van der Waals surface area contributed by atoms with Crippen LogP contribution in [0.3, 0.4) is 0 Å². The van der Waals surface area contributed by atoms with Crippen molar-refractivity contribution in [2.45, 2.75) is 26.4 Å². The summed E-state index contributed by atoms with van der Waals surface area (Å²) in [4.78, 5) is 4.18. The van der Waals surface area contributed by atoms with Gasteiger partial charge in [0, 0.05) is 18.0 Å². The first kappa shape index (κ1) is 12.1. The zero-order valence-electron chi connectivity index (χ0n) is 9.74. The predicted octanol–water partition coefficient (Wildman–Crippen LogP) is 3.18. The Bertz CT molecular complexity index is 482. The van der Waals surface area contributed by atoms with Crippen molar-refractivity contribution in [3.63, 3.8) is 0 Å². The van der Waals surface area contributed by atoms with E-state index in [4.69, 9.17) is 16.0 Å². The largest absolute Gasteiger partial charge is 0.444 e. The van der Waals surface area contributed by atoms with Crippen LogP contribution in [-0.2, 0) is 19.5 Å². The summed E-state index contributed by atoms with van der Waals surface area (Å²) in [6.45, 7) is 3.37. The summed E-state index contributed by atoms with van der Waals surface area (Å²) in [6, 6.07) is 7.79. The molecular weight excluding hydrogens is 236 g/mol. The molecule has 0 unspecified atom stereocenters. The lowest BCUT2D eigenvalue weighted by Crippen LogP contribution is -2.13. The molecule has 1 aromatic carbocycles. The standard InChI is InChI=1S/C13H15ClN2O/c1-2-11-8-16-13(17-11)9-15-7-10-5-3-4-6-12(10)14/h3-6,8,15H,2,7,9H2,1H3. The van der Waals surface area contributed by atoms with Gasteiger partial charge in [-0.2, -0.15) is 0 Å². The number of aryl methyl sites for hydroxylation is 1. The molecule has 2 aromatic rings. The van der Waals surface area contributed by atoms with Gasteiger partial charge in [0.15, 0.2) is 0 Å². The van der Waals surface area contributed by atoms with Crippen molar-refractivity contribution in [2.24, 2.45) is 0 Å². The molecule has 0 amide bonds. The predicted molar refractivity (Wildman–Crippen MR) is 67.9 cm³/mol. The van der Waals surface area contributed by atoms with E-state index in [1.54, 1.807) is 6.20 Å². The second-order valence-electron chi connectivity index (χ2n) is 3.77. The molecule has 0 atom stereocenters. The van der Waals surface area contributed by atoms with Gasteiger partial charge in [-0.3, -0.25) is 0 Å². The molecule has 0 saturated heterocycles. The van der Waals surface area contributed by atoms with Crippen molar-refractivity contribution in [2.75, 3.05) is 0 Å². The van der Waals surface area contributed by atoms with Crippen LogP contribution in [0, 0.1) is 0 Å². The van der Waals surface area contributed by atoms with Gasteiger partial charge in [0.1, 0.15) is 5.76 Å². The second kappa shape index (κ2) is 5.84. The third-order valence-corrected chi connectivity index (χ3v) is 2.87. The second-order valence-corrected chi connectivity index (χ2v) is 4.18. The highest BCUT2D eigenvalue weighted by atomic mass is 35.5. The third-order valence-electron chi connectivity index (χ3n) is 2.50. The third kappa shape index (κ3) is 3.32. The topological polar surface area (TPSA) is 38.1 Å². The van der Waals surface area contributed by atoms with Crippen molar-refractivity contribution in [1.29, 1.82) is 0 Å². The van der Waals surface area contributed by atoms with Crippen molar-refractivity contribution in [3.8, 4) is 0 Å². The zero-order valence-corrected chi connectivity index (χ0v) is 10.5. The van der Waals surface area contributed by atoms with Crippen LogP contribution in [0.1, 0.15) is 24.1 Å². The molecule has 0 aliphatic rings. The van der Waals surface area contributed by atoms with Crippen molar-refractivity contribution < 1.29 is 4.42 Å². The van der Waals surface area contributed by atoms with Crippen LogP contribution >= 0.6 is 11.6 Å². The Balaban J connectivity index is 1.85. The van der Waals surface area contributed by atoms with Crippen LogP contribution in [0.5, 0.6) is 0 Å². The average Bonchev–Trinajstić information content (AvgIpc) is 2.80. The molecule has 1 N–H and O–H groups in total. The lowest BCUT2D eigenvalue weighted by Gasteiger charge is -2.04. The maximum atomic E-state index is 6.05. The summed E-state index contributed by atoms with van der Waals surface area (Å²) < 4.78 is 5.49. The first-order valence-electron chi connectivity index (χ1n) is 5.67. The number of nitrogens with one attached hydrogen (secondary N) is 1. The lowest BCUT2D eigenvalue weighted by molar-refractivity contribution is 0.439. The molecule has 0 bridgehead atoms. The van der Waals surface area contributed by atoms with Crippen molar-refractivity contribution in [1.82, 2.24) is 10.3 Å². The molecule has 17 heavy (non-hydrogen) atoms. The van der Waals surface area contributed by atoms with Gasteiger partial charge in [-0.25, -0.2) is 4.98 Å². The number of hydrogen-bond acceptors (Lipinski definition) is 3. The Labute approximate surface area is 106 Å². The fourth-order valence-corrected chi connectivity index (χ4v) is 1.74. The number of hydrogen-bond donors (Lipinski definition) is 1. The highest BCUT2D eigenvalue weighted by Gasteiger charge is 2.02. The highest BCUT2D eigenvalue weighted by Crippen LogP contribution is 2.14. The van der Waals surface area contributed by atoms with Gasteiger partial charge < -0.3 is 9.73 Å². The molecule has 1 heterocycles. The number of benzene rings is 1. The van der Waals surface area contributed by atoms with Crippen LogP contribution in [0.15, 0.2) is 34.9 Å². The van der Waals surface area contributed by atoms with Gasteiger partial charge in [0.25, 0.3) is 0 Å². The number of nitrogens with zero attached hydrogens (tertiary/aromatic N) is 1. The number of aromatic nitrogens is 1. The van der Waals surface area contributed by atoms with Gasteiger partial charge >= 0.3 is 0 Å². The molecule has 2 rings (SSSR count). The SMILES string of the molecule is CCc1cnc(CNCc2ccccc2Cl)o1. The number of rotatable bonds is 5. The number of halogens is 1. The van der Waals surface area contributed by atoms with E-state index < -0.39 is 0 Å². The molecule has 0 saturated carbocycles. The minimum atomic E-state index is 0.616. The summed E-state index contributed by atoms with van der Waals surface area (Å²) >= 11 is 6.05. The zero-order chi connectivity index (χ0) is 12.1. The summed E-state index contributed by atoms with van der Waals surface area (Å²) in [6.07, 6.45) is 2.64. The summed E-state index contributed by atoms with van der Waals surface area (Å²) in [5.74, 6) is 1.63. The Morgan fingerprint density at radius 3 is 2.82 bits per heavy atom. The Morgan fingerprint density at radius 1 is 1.29 bits per heavy atom. The molecular formula is C13H15ClN2O. The van der Waals surface area contributed by atoms with Crippen LogP contribution in [0.4, 0.5) is 0 Å². The molecule has 3 nitrogen and oxygen atoms in total. The molecule has 90 valence electrons. The number of oxazole rings is 1. The Hall–Kier alpha value is -1.32. The van der Waals surface area contributed by atoms with E-state index in [1.807, 2.05) is 31.2 Å². The van der Waals surface area contributed by atoms with Crippen LogP contribution in [-0.4, -0.2) is 4.98 Å². The van der Waals surface area contributed by atoms with Gasteiger partial charge in [-0.1, -0.05) is 36.7 Å². The summed E-state index contributed by atoms with van der Waals surface area (Å²) in [5.41, 5.74) is 1.08. The minimum absolute atomic E-state index is 0.616. The smallest absolute Gasteiger partial charge is 0.208 e. The van der Waals surface area contributed by atoms with E-state index in [0.717, 1.165) is 22.8 Å². The highest BCUT2D eigenvalue weighted by molar-refractivity contribution is 6.31. The lowest BCUT2D eigenvalue weighted by atomic mass is 10.2. The monoisotopic (exact) mass is 250 g/mol. The van der Waals surface area contributed by atoms with Crippen LogP contribution in [0.2, 0.25) is 5.02 Å². The summed E-state index contributed by atoms with van der Waals surface area (Å²) in [5, 5.41) is 4.03. The maximum Gasteiger partial charge on any atom is 0.208 e. The minimum Gasteiger partial charge on any atom is -0.444 e. The van der Waals surface area contributed by atoms with E-state index in [2.05, 4.69) is 10.3 Å². The quantitative estimate of drug-likeness (QED) is 0.886. The Morgan fingerprint density at radius 2 is 2.12 bits per heavy atom. The van der Waals surface area contributed by atoms with E-state index in [1.165, 1.54) is 0 Å². The molecule has 0 radical (unpaired) electrons. The van der Waals surface area contributed by atoms with Gasteiger partial charge in [-0.05, 0) is 11.6 Å². The summed E-state index contributed by atoms with van der Waals surface area (Å²) in [7, 11) is 0. The molecule has 0 aliphatic heterocycles. The van der Waals surface area contributed by atoms with E-state index in [0.29, 0.717) is 19.0 Å². The normalized spacial score (nSPS) is 10.7. The van der Waals surface area contributed by atoms with Crippen LogP contribution < -0.4 is 5.32 Å². The first-order valence-corrected chi connectivity index (χ1v) is 6.05. The first-order chi connectivity index (χ1) is 8.29. The van der Waals surface area contributed by atoms with Crippen LogP contribution in [0.25, 0.3) is 0 Å². The molecule has 4 heteroatoms.